The predicted octanol–water partition coefficient (Wildman–Crippen LogP) is 4.82. The molecule has 0 aromatic heterocycles. The quantitative estimate of drug-likeness (QED) is 0.462. The summed E-state index contributed by atoms with van der Waals surface area (Å²) in [6.45, 7) is 2.53. The van der Waals surface area contributed by atoms with Crippen LogP contribution in [0.1, 0.15) is 11.1 Å². The van der Waals surface area contributed by atoms with Gasteiger partial charge < -0.3 is 19.9 Å². The van der Waals surface area contributed by atoms with E-state index < -0.39 is 0 Å². The van der Waals surface area contributed by atoms with Crippen LogP contribution in [0, 0.1) is 0 Å². The molecule has 0 heterocycles. The number of hydrogen-bond donors (Lipinski definition) is 2. The number of nitrogens with one attached hydrogen (secondary N) is 1. The van der Waals surface area contributed by atoms with E-state index in [0.29, 0.717) is 43.0 Å². The van der Waals surface area contributed by atoms with Gasteiger partial charge in [-0.25, -0.2) is 0 Å². The first-order valence-corrected chi connectivity index (χ1v) is 9.92. The second kappa shape index (κ2) is 10.6. The van der Waals surface area contributed by atoms with Gasteiger partial charge in [-0.2, -0.15) is 0 Å². The van der Waals surface area contributed by atoms with Gasteiger partial charge in [0, 0.05) is 34.3 Å². The fourth-order valence-corrected chi connectivity index (χ4v) is 3.48. The second-order valence-corrected chi connectivity index (χ2v) is 7.08. The number of halogens is 2. The zero-order chi connectivity index (χ0) is 19.8. The van der Waals surface area contributed by atoms with Gasteiger partial charge in [0.25, 0.3) is 0 Å². The van der Waals surface area contributed by atoms with E-state index in [0.717, 1.165) is 27.6 Å². The molecule has 4 nitrogen and oxygen atoms in total. The third kappa shape index (κ3) is 5.37. The Labute approximate surface area is 175 Å². The lowest BCUT2D eigenvalue weighted by atomic mass is 10.0. The molecule has 0 aliphatic rings. The van der Waals surface area contributed by atoms with Crippen molar-refractivity contribution in [1.29, 1.82) is 0 Å². The molecule has 0 radical (unpaired) electrons. The number of aliphatic hydroxyl groups excluding tert-OH is 1. The standard InChI is InChI=1S/C22H23Cl2NO3/c23-20-6-3-7-21(24)19(20)15-28-22-9-8-16-4-1-2-5-17(16)18(22)14-25-10-12-27-13-11-26/h1-9,25-26H,10-15H2. The number of rotatable bonds is 10. The second-order valence-electron chi connectivity index (χ2n) is 6.27. The van der Waals surface area contributed by atoms with Crippen LogP contribution in [0.25, 0.3) is 10.8 Å². The first-order valence-electron chi connectivity index (χ1n) is 9.16. The predicted molar refractivity (Wildman–Crippen MR) is 114 cm³/mol. The highest BCUT2D eigenvalue weighted by molar-refractivity contribution is 6.35. The molecule has 0 aliphatic heterocycles. The minimum Gasteiger partial charge on any atom is -0.488 e. The van der Waals surface area contributed by atoms with Crippen molar-refractivity contribution < 1.29 is 14.6 Å². The summed E-state index contributed by atoms with van der Waals surface area (Å²) in [4.78, 5) is 0. The highest BCUT2D eigenvalue weighted by Crippen LogP contribution is 2.31. The molecule has 0 aliphatic carbocycles. The van der Waals surface area contributed by atoms with Gasteiger partial charge >= 0.3 is 0 Å². The van der Waals surface area contributed by atoms with Gasteiger partial charge in [-0.1, -0.05) is 59.6 Å². The van der Waals surface area contributed by atoms with Crippen molar-refractivity contribution in [1.82, 2.24) is 5.32 Å². The van der Waals surface area contributed by atoms with E-state index in [2.05, 4.69) is 17.4 Å². The molecular weight excluding hydrogens is 397 g/mol. The van der Waals surface area contributed by atoms with Gasteiger partial charge in [0.15, 0.2) is 0 Å². The van der Waals surface area contributed by atoms with Crippen molar-refractivity contribution in [2.45, 2.75) is 13.2 Å². The number of hydrogen-bond acceptors (Lipinski definition) is 4. The average molecular weight is 420 g/mol. The lowest BCUT2D eigenvalue weighted by Gasteiger charge is -2.16. The first kappa shape index (κ1) is 20.9. The molecular formula is C22H23Cl2NO3. The smallest absolute Gasteiger partial charge is 0.124 e. The minimum absolute atomic E-state index is 0.0336. The van der Waals surface area contributed by atoms with Crippen LogP contribution < -0.4 is 10.1 Å². The van der Waals surface area contributed by atoms with Crippen molar-refractivity contribution >= 4 is 34.0 Å². The fourth-order valence-electron chi connectivity index (χ4n) is 2.98. The zero-order valence-electron chi connectivity index (χ0n) is 15.5. The Hall–Kier alpha value is -1.82. The lowest BCUT2D eigenvalue weighted by Crippen LogP contribution is -2.20. The molecule has 0 spiro atoms. The molecule has 3 rings (SSSR count). The van der Waals surface area contributed by atoms with Crippen LogP contribution in [-0.2, 0) is 17.9 Å². The fraction of sp³-hybridized carbons (Fsp3) is 0.273. The number of aliphatic hydroxyl groups is 1. The minimum atomic E-state index is 0.0336. The van der Waals surface area contributed by atoms with Crippen molar-refractivity contribution in [3.05, 3.63) is 75.8 Å². The molecule has 28 heavy (non-hydrogen) atoms. The Balaban J connectivity index is 1.77. The Morgan fingerprint density at radius 2 is 1.64 bits per heavy atom. The first-order chi connectivity index (χ1) is 13.7. The Morgan fingerprint density at radius 1 is 0.857 bits per heavy atom. The van der Waals surface area contributed by atoms with Crippen LogP contribution in [0.4, 0.5) is 0 Å². The van der Waals surface area contributed by atoms with E-state index in [9.17, 15) is 0 Å². The molecule has 3 aromatic rings. The summed E-state index contributed by atoms with van der Waals surface area (Å²) < 4.78 is 11.4. The maximum atomic E-state index is 8.77. The lowest BCUT2D eigenvalue weighted by molar-refractivity contribution is 0.0938. The van der Waals surface area contributed by atoms with Gasteiger partial charge in [0.1, 0.15) is 12.4 Å². The van der Waals surface area contributed by atoms with Crippen LogP contribution in [0.3, 0.4) is 0 Å². The number of benzene rings is 3. The summed E-state index contributed by atoms with van der Waals surface area (Å²) in [7, 11) is 0. The van der Waals surface area contributed by atoms with Crippen LogP contribution >= 0.6 is 23.2 Å². The highest BCUT2D eigenvalue weighted by Gasteiger charge is 2.11. The molecule has 0 saturated heterocycles. The molecule has 0 unspecified atom stereocenters. The summed E-state index contributed by atoms with van der Waals surface area (Å²) in [6.07, 6.45) is 0. The topological polar surface area (TPSA) is 50.7 Å². The SMILES string of the molecule is OCCOCCNCc1c(OCc2c(Cl)cccc2Cl)ccc2ccccc12. The molecule has 0 bridgehead atoms. The van der Waals surface area contributed by atoms with Crippen LogP contribution in [0.15, 0.2) is 54.6 Å². The van der Waals surface area contributed by atoms with Crippen LogP contribution in [0.5, 0.6) is 5.75 Å². The molecule has 148 valence electrons. The summed E-state index contributed by atoms with van der Waals surface area (Å²) in [6, 6.07) is 17.7. The Bertz CT molecular complexity index is 897. The van der Waals surface area contributed by atoms with E-state index in [1.807, 2.05) is 30.3 Å². The number of fused-ring (bicyclic) bond motifs is 1. The maximum absolute atomic E-state index is 8.77. The van der Waals surface area contributed by atoms with Gasteiger partial charge in [-0.05, 0) is 29.0 Å². The van der Waals surface area contributed by atoms with E-state index in [4.69, 9.17) is 37.8 Å². The van der Waals surface area contributed by atoms with Gasteiger partial charge in [0.2, 0.25) is 0 Å². The maximum Gasteiger partial charge on any atom is 0.124 e. The van der Waals surface area contributed by atoms with Gasteiger partial charge in [-0.3, -0.25) is 0 Å². The molecule has 0 saturated carbocycles. The Morgan fingerprint density at radius 3 is 2.43 bits per heavy atom. The normalized spacial score (nSPS) is 11.1. The Kier molecular flexibility index (Phi) is 7.95. The summed E-state index contributed by atoms with van der Waals surface area (Å²) >= 11 is 12.5. The molecule has 6 heteroatoms. The third-order valence-electron chi connectivity index (χ3n) is 4.39. The summed E-state index contributed by atoms with van der Waals surface area (Å²) in [5.74, 6) is 0.790. The zero-order valence-corrected chi connectivity index (χ0v) is 17.0. The largest absolute Gasteiger partial charge is 0.488 e. The van der Waals surface area contributed by atoms with Crippen LogP contribution in [-0.4, -0.2) is 31.5 Å². The van der Waals surface area contributed by atoms with E-state index >= 15 is 0 Å². The molecule has 2 N–H and O–H groups in total. The van der Waals surface area contributed by atoms with Gasteiger partial charge in [0.05, 0.1) is 19.8 Å². The van der Waals surface area contributed by atoms with E-state index in [1.165, 1.54) is 0 Å². The van der Waals surface area contributed by atoms with Crippen LogP contribution in [0.2, 0.25) is 10.0 Å². The van der Waals surface area contributed by atoms with Crippen molar-refractivity contribution in [2.75, 3.05) is 26.4 Å². The molecule has 0 atom stereocenters. The summed E-state index contributed by atoms with van der Waals surface area (Å²) in [5.41, 5.74) is 1.85. The van der Waals surface area contributed by atoms with Gasteiger partial charge in [-0.15, -0.1) is 0 Å². The molecule has 0 fully saturated rings. The highest BCUT2D eigenvalue weighted by atomic mass is 35.5. The monoisotopic (exact) mass is 419 g/mol. The molecule has 3 aromatic carbocycles. The van der Waals surface area contributed by atoms with E-state index in [1.54, 1.807) is 12.1 Å². The molecule has 0 amide bonds. The van der Waals surface area contributed by atoms with E-state index in [-0.39, 0.29) is 6.61 Å². The number of ether oxygens (including phenoxy) is 2. The van der Waals surface area contributed by atoms with Crippen molar-refractivity contribution in [3.63, 3.8) is 0 Å². The summed E-state index contributed by atoms with van der Waals surface area (Å²) in [5, 5.41) is 15.6. The average Bonchev–Trinajstić information content (AvgIpc) is 2.71. The van der Waals surface area contributed by atoms with Crippen molar-refractivity contribution in [3.8, 4) is 5.75 Å². The van der Waals surface area contributed by atoms with Crippen molar-refractivity contribution in [2.24, 2.45) is 0 Å². The third-order valence-corrected chi connectivity index (χ3v) is 5.10.